The summed E-state index contributed by atoms with van der Waals surface area (Å²) in [6, 6.07) is -0.457. The summed E-state index contributed by atoms with van der Waals surface area (Å²) in [5.41, 5.74) is 0. The van der Waals surface area contributed by atoms with Crippen molar-refractivity contribution in [3.8, 4) is 0 Å². The number of amides is 7. The molecule has 7 fully saturated rings. The lowest BCUT2D eigenvalue weighted by molar-refractivity contribution is -0.148. The molecule has 7 amide bonds. The van der Waals surface area contributed by atoms with Crippen molar-refractivity contribution in [1.82, 2.24) is 36.0 Å². The summed E-state index contributed by atoms with van der Waals surface area (Å²) in [6.45, 7) is 12.2. The molecule has 3 heterocycles. The van der Waals surface area contributed by atoms with Crippen molar-refractivity contribution in [1.29, 1.82) is 0 Å². The van der Waals surface area contributed by atoms with Gasteiger partial charge >= 0.3 is 59.7 Å². The van der Waals surface area contributed by atoms with E-state index in [1.54, 1.807) is 30.6 Å². The van der Waals surface area contributed by atoms with Gasteiger partial charge in [0, 0.05) is 206 Å². The number of nitrogens with one attached hydrogen (secondary N) is 4. The number of Topliss-reactive ketones (excluding diaryl/α,β-unsaturated/α-hetero) is 4. The number of hydrogen-bond donors (Lipinski definition) is 8. The zero-order valence-corrected chi connectivity index (χ0v) is 78.2. The van der Waals surface area contributed by atoms with Gasteiger partial charge in [0.25, 0.3) is 0 Å². The van der Waals surface area contributed by atoms with Crippen molar-refractivity contribution in [2.45, 2.75) is 283 Å². The zero-order chi connectivity index (χ0) is 99.3. The minimum atomic E-state index is -1.20. The van der Waals surface area contributed by atoms with Crippen molar-refractivity contribution in [2.24, 2.45) is 23.7 Å². The Morgan fingerprint density at radius 1 is 0.308 bits per heavy atom. The summed E-state index contributed by atoms with van der Waals surface area (Å²) >= 11 is 0. The second-order valence-electron chi connectivity index (χ2n) is 32.6. The Bertz CT molecular complexity index is 3850. The topological polar surface area (TPSA) is 553 Å². The first-order chi connectivity index (χ1) is 63.4. The molecule has 0 aromatic rings. The van der Waals surface area contributed by atoms with E-state index < -0.39 is 83.7 Å². The monoisotopic (exact) mass is 1880 g/mol. The molecule has 7 aliphatic rings. The zero-order valence-electron chi connectivity index (χ0n) is 78.2. The van der Waals surface area contributed by atoms with Crippen LogP contribution in [0, 0.1) is 23.7 Å². The highest BCUT2D eigenvalue weighted by atomic mass is 16.6. The normalized spacial score (nSPS) is 19.5. The molecule has 7 rings (SSSR count). The molecule has 133 heavy (non-hydrogen) atoms. The molecule has 0 radical (unpaired) electrons. The van der Waals surface area contributed by atoms with E-state index in [9.17, 15) is 101 Å². The van der Waals surface area contributed by atoms with E-state index in [4.69, 9.17) is 34.6 Å². The van der Waals surface area contributed by atoms with Gasteiger partial charge < -0.3 is 84.8 Å². The number of rotatable bonds is 35. The van der Waals surface area contributed by atoms with Gasteiger partial charge in [0.15, 0.2) is 0 Å². The van der Waals surface area contributed by atoms with E-state index in [0.29, 0.717) is 77.7 Å². The van der Waals surface area contributed by atoms with E-state index in [0.717, 1.165) is 297 Å². The van der Waals surface area contributed by atoms with E-state index in [1.807, 2.05) is 11.8 Å². The van der Waals surface area contributed by atoms with Crippen LogP contribution in [0.4, 0.5) is 0 Å². The maximum Gasteiger partial charge on any atom is 0.331 e. The Balaban J connectivity index is 0.000000777. The Morgan fingerprint density at radius 3 is 0.940 bits per heavy atom. The minimum Gasteiger partial charge on any atom is -0.478 e. The van der Waals surface area contributed by atoms with Crippen molar-refractivity contribution < 1.29 is 150 Å². The van der Waals surface area contributed by atoms with Gasteiger partial charge in [-0.2, -0.15) is 0 Å². The fourth-order valence-corrected chi connectivity index (χ4v) is 14.9. The number of aliphatic carboxylic acids is 4. The summed E-state index contributed by atoms with van der Waals surface area (Å²) < 4.78 is 28.2. The Labute approximate surface area is 778 Å². The fourth-order valence-electron chi connectivity index (χ4n) is 14.9. The van der Waals surface area contributed by atoms with E-state index >= 15 is 0 Å². The number of unbranched alkanes of at least 4 members (excludes halogenated alkanes) is 3. The third-order valence-corrected chi connectivity index (χ3v) is 22.2. The molecule has 0 bridgehead atoms. The van der Waals surface area contributed by atoms with E-state index in [1.165, 1.54) is 21.3 Å². The molecular weight excluding hydrogens is 1740 g/mol. The third kappa shape index (κ3) is 59.8. The third-order valence-electron chi connectivity index (χ3n) is 22.2. The van der Waals surface area contributed by atoms with E-state index in [2.05, 4.69) is 35.5 Å². The SMILES string of the molecule is CC(NC(=O)C=CC(=O)O)C1CCCCCC1=O.CC(OC(=O)C=CC(=O)O)C1CCCCCC1=O.COC(=O)C=CC(=O)NC(C)C1CCCCCC1=O.COC(=O)C=CC(=O)NCCN1CCCCCC1=O.COC(=O)C=CC(=O)OC(C)C1CCCCCC1=O.O=C(O)C=CC(=O)NCCN1CCCCCC1=O.O=C(O)C=CC(=O)OCCCCCCN1CCCCCC1=O. The standard InChI is InChI=1S/C16H25NO5.C14H21NO4.C14H20O5.C13H20N2O4.C13H19NO4.C13H18O5.C12H18N2O4/c18-14-8-4-3-6-12-17(14)11-5-1-2-7-13-22-16(21)10-9-15(19)20;1-10(11-6-4-3-5-7-12(11)16)15-13(17)8-9-14(18)19-2;1-10(11-6-4-3-5-7-12(11)15)19-14(17)9-8-13(16)18-2;1-19-13(18)7-6-11(16)14-8-10-15-9-4-2-3-5-12(15)17;1-9(14-12(16)7-8-13(17)18)10-5-3-2-4-6-11(10)15;1-9(18-13(17)8-7-12(15)16)10-5-3-2-4-6-11(10)14;15-10(5-6-12(17)18)13-7-9-14-8-3-1-2-4-11(14)16/h9-10H,1-8,11-13H2,(H,19,20);8-11H,3-7H2,1-2H3,(H,15,17);8-11H,3-7H2,1-2H3;6-7H,2-5,8-10H2,1H3,(H,14,16);7-10H,2-6H2,1H3,(H,14,16)(H,17,18);7-10H,2-6H2,1H3,(H,15,16);5-6H,1-4,7-9H2,(H,13,15)(H,17,18). The number of ether oxygens (including phenoxy) is 6. The number of carboxylic acids is 4. The average molecular weight is 1880 g/mol. The molecular formula is C95H141N7O31. The highest BCUT2D eigenvalue weighted by Gasteiger charge is 2.32. The molecule has 4 saturated carbocycles. The minimum absolute atomic E-state index is 0.113. The highest BCUT2D eigenvalue weighted by Crippen LogP contribution is 2.28. The molecule has 0 spiro atoms. The summed E-state index contributed by atoms with van der Waals surface area (Å²) in [4.78, 5) is 241. The predicted molar refractivity (Wildman–Crippen MR) is 484 cm³/mol. The van der Waals surface area contributed by atoms with Crippen molar-refractivity contribution >= 4 is 124 Å². The number of hydrogen-bond acceptors (Lipinski definition) is 27. The quantitative estimate of drug-likeness (QED) is 0.00966. The van der Waals surface area contributed by atoms with Crippen LogP contribution in [0.1, 0.15) is 259 Å². The van der Waals surface area contributed by atoms with Crippen LogP contribution in [0.5, 0.6) is 0 Å². The first-order valence-corrected chi connectivity index (χ1v) is 46.0. The second-order valence-corrected chi connectivity index (χ2v) is 32.6. The number of ketones is 4. The summed E-state index contributed by atoms with van der Waals surface area (Å²) in [5.74, 6) is -9.58. The highest BCUT2D eigenvalue weighted by molar-refractivity contribution is 5.98. The molecule has 8 unspecified atom stereocenters. The summed E-state index contributed by atoms with van der Waals surface area (Å²) in [7, 11) is 3.72. The molecule has 0 aromatic carbocycles. The van der Waals surface area contributed by atoms with Crippen LogP contribution in [0.3, 0.4) is 0 Å². The lowest BCUT2D eigenvalue weighted by Crippen LogP contribution is -2.40. The molecule has 8 N–H and O–H groups in total. The smallest absolute Gasteiger partial charge is 0.331 e. The molecule has 3 saturated heterocycles. The first kappa shape index (κ1) is 119. The molecule has 3 aliphatic heterocycles. The van der Waals surface area contributed by atoms with Crippen molar-refractivity contribution in [2.75, 3.05) is 80.3 Å². The van der Waals surface area contributed by atoms with Gasteiger partial charge in [-0.3, -0.25) is 52.7 Å². The summed E-state index contributed by atoms with van der Waals surface area (Å²) in [5, 5.41) is 44.0. The second kappa shape index (κ2) is 72.5. The number of likely N-dealkylation sites (tertiary alicyclic amines) is 3. The molecule has 4 aliphatic carbocycles. The van der Waals surface area contributed by atoms with Crippen LogP contribution >= 0.6 is 0 Å². The van der Waals surface area contributed by atoms with Crippen LogP contribution < -0.4 is 21.3 Å². The Morgan fingerprint density at radius 2 is 0.579 bits per heavy atom. The Kier molecular flexibility index (Phi) is 64.8. The number of carbonyl (C=O) groups excluding carboxylic acids is 17. The fraction of sp³-hybridized carbons (Fsp3) is 0.632. The average Bonchev–Trinajstić information content (AvgIpc) is 1.86. The maximum atomic E-state index is 11.9. The molecule has 38 heteroatoms. The van der Waals surface area contributed by atoms with Crippen LogP contribution in [0.15, 0.2) is 85.1 Å². The molecule has 0 aromatic heterocycles. The van der Waals surface area contributed by atoms with Crippen LogP contribution in [0.2, 0.25) is 0 Å². The number of nitrogens with zero attached hydrogens (tertiary/aromatic N) is 3. The number of carbonyl (C=O) groups is 21. The van der Waals surface area contributed by atoms with Crippen molar-refractivity contribution in [3.63, 3.8) is 0 Å². The van der Waals surface area contributed by atoms with Gasteiger partial charge in [0.05, 0.1) is 39.8 Å². The number of carboxylic acid groups (broad SMARTS) is 4. The van der Waals surface area contributed by atoms with Crippen molar-refractivity contribution in [3.05, 3.63) is 85.1 Å². The molecule has 8 atom stereocenters. The van der Waals surface area contributed by atoms with Gasteiger partial charge in [-0.25, -0.2) is 47.9 Å². The predicted octanol–water partition coefficient (Wildman–Crippen LogP) is 8.67. The van der Waals surface area contributed by atoms with Crippen LogP contribution in [-0.4, -0.2) is 264 Å². The van der Waals surface area contributed by atoms with Gasteiger partial charge in [0.1, 0.15) is 35.3 Å². The largest absolute Gasteiger partial charge is 0.478 e. The van der Waals surface area contributed by atoms with Gasteiger partial charge in [-0.05, 0) is 137 Å². The van der Waals surface area contributed by atoms with E-state index in [-0.39, 0.29) is 88.4 Å². The van der Waals surface area contributed by atoms with Gasteiger partial charge in [-0.15, -0.1) is 0 Å². The lowest BCUT2D eigenvalue weighted by atomic mass is 9.92. The maximum absolute atomic E-state index is 11.9. The molecule has 38 nitrogen and oxygen atoms in total. The lowest BCUT2D eigenvalue weighted by Gasteiger charge is -2.21. The summed E-state index contributed by atoms with van der Waals surface area (Å²) in [6.07, 6.45) is 44.2. The molecule has 742 valence electrons. The first-order valence-electron chi connectivity index (χ1n) is 46.0. The van der Waals surface area contributed by atoms with Crippen LogP contribution in [0.25, 0.3) is 0 Å². The Hall–Kier alpha value is -12.2. The number of methoxy groups -OCH3 is 3. The van der Waals surface area contributed by atoms with Gasteiger partial charge in [0.2, 0.25) is 41.4 Å². The van der Waals surface area contributed by atoms with Gasteiger partial charge in [-0.1, -0.05) is 77.0 Å². The van der Waals surface area contributed by atoms with Crippen LogP contribution in [-0.2, 0) is 129 Å². The number of esters is 6.